The molecule has 0 spiro atoms. The number of H-pyrrole nitrogens is 1. The van der Waals surface area contributed by atoms with Crippen molar-refractivity contribution in [1.29, 1.82) is 0 Å². The summed E-state index contributed by atoms with van der Waals surface area (Å²) in [6, 6.07) is 1.07. The molecule has 1 aromatic rings. The van der Waals surface area contributed by atoms with Crippen LogP contribution in [0.2, 0.25) is 0 Å². The van der Waals surface area contributed by atoms with Gasteiger partial charge in [0.1, 0.15) is 6.10 Å². The van der Waals surface area contributed by atoms with Gasteiger partial charge in [-0.1, -0.05) is 19.8 Å². The van der Waals surface area contributed by atoms with Crippen molar-refractivity contribution in [2.45, 2.75) is 77.1 Å². The Labute approximate surface area is 213 Å². The predicted octanol–water partition coefficient (Wildman–Crippen LogP) is 1.67. The van der Waals surface area contributed by atoms with Crippen LogP contribution >= 0.6 is 7.82 Å². The number of rotatable bonds is 10. The largest absolute Gasteiger partial charge is 0.475 e. The molecule has 0 aromatic carbocycles. The van der Waals surface area contributed by atoms with Gasteiger partial charge in [-0.25, -0.2) is 9.36 Å². The topological polar surface area (TPSA) is 161 Å². The van der Waals surface area contributed by atoms with E-state index in [2.05, 4.69) is 10.9 Å². The monoisotopic (exact) mass is 542 g/mol. The summed E-state index contributed by atoms with van der Waals surface area (Å²) in [6.45, 7) is 6.34. The molecule has 0 saturated carbocycles. The first-order valence-electron chi connectivity index (χ1n) is 11.9. The van der Waals surface area contributed by atoms with Gasteiger partial charge in [0.25, 0.3) is 5.56 Å². The van der Waals surface area contributed by atoms with Crippen molar-refractivity contribution in [1.82, 2.24) is 9.55 Å². The molecule has 3 heterocycles. The zero-order chi connectivity index (χ0) is 27.4. The summed E-state index contributed by atoms with van der Waals surface area (Å²) in [5.41, 5.74) is -3.57. The summed E-state index contributed by atoms with van der Waals surface area (Å²) in [5.74, 6) is 0.686. The number of carbonyl (C=O) groups is 2. The highest BCUT2D eigenvalue weighted by atomic mass is 31.2. The standard InChI is InChI=1S/C23H31N2O11P/c1-6-8-18(27)35-23(7-2)19-16(34-21(23)25-11-9-17(26)24-22(25)29)13-32-37(30,36-19)31-12-10-15(5)20(28)33-14(3)4/h2,9,11,14-16,19,21H,6,8,10,12-13H2,1,3-5H3,(H,24,26,29)/t15-,16+,19+,21+,23+,37-/m0/s1. The summed E-state index contributed by atoms with van der Waals surface area (Å²) in [7, 11) is -4.25. The molecule has 14 heteroatoms. The zero-order valence-electron chi connectivity index (χ0n) is 21.0. The van der Waals surface area contributed by atoms with E-state index in [1.165, 1.54) is 0 Å². The van der Waals surface area contributed by atoms with E-state index in [4.69, 9.17) is 34.2 Å². The second-order valence-corrected chi connectivity index (χ2v) is 10.6. The van der Waals surface area contributed by atoms with Gasteiger partial charge in [0.05, 0.1) is 25.2 Å². The van der Waals surface area contributed by atoms with Gasteiger partial charge >= 0.3 is 25.5 Å². The Kier molecular flexibility index (Phi) is 9.15. The van der Waals surface area contributed by atoms with Crippen LogP contribution in [0.1, 0.15) is 53.2 Å². The first kappa shape index (κ1) is 28.8. The van der Waals surface area contributed by atoms with Gasteiger partial charge in [0, 0.05) is 18.7 Å². The lowest BCUT2D eigenvalue weighted by Crippen LogP contribution is -2.53. The van der Waals surface area contributed by atoms with Crippen molar-refractivity contribution in [3.63, 3.8) is 0 Å². The van der Waals surface area contributed by atoms with Crippen LogP contribution in [0, 0.1) is 18.3 Å². The molecular formula is C23H31N2O11P. The van der Waals surface area contributed by atoms with Crippen LogP contribution in [0.25, 0.3) is 0 Å². The lowest BCUT2D eigenvalue weighted by Gasteiger charge is -2.36. The van der Waals surface area contributed by atoms with Crippen molar-refractivity contribution in [2.24, 2.45) is 5.92 Å². The third kappa shape index (κ3) is 6.40. The molecule has 0 bridgehead atoms. The molecule has 1 aromatic heterocycles. The molecule has 0 unspecified atom stereocenters. The number of phosphoric ester groups is 1. The number of aromatic amines is 1. The van der Waals surface area contributed by atoms with Crippen LogP contribution in [0.15, 0.2) is 21.9 Å². The lowest BCUT2D eigenvalue weighted by atomic mass is 9.94. The van der Waals surface area contributed by atoms with E-state index in [-0.39, 0.29) is 32.2 Å². The highest BCUT2D eigenvalue weighted by molar-refractivity contribution is 7.48. The molecule has 0 radical (unpaired) electrons. The van der Waals surface area contributed by atoms with Gasteiger partial charge in [-0.2, -0.15) is 0 Å². The molecule has 0 amide bonds. The minimum Gasteiger partial charge on any atom is -0.463 e. The van der Waals surface area contributed by atoms with Gasteiger partial charge < -0.3 is 14.2 Å². The number of hydrogen-bond acceptors (Lipinski definition) is 11. The summed E-state index contributed by atoms with van der Waals surface area (Å²) in [5, 5.41) is 0. The molecule has 6 atom stereocenters. The highest BCUT2D eigenvalue weighted by Crippen LogP contribution is 2.59. The molecule has 37 heavy (non-hydrogen) atoms. The van der Waals surface area contributed by atoms with Crippen molar-refractivity contribution < 1.29 is 41.9 Å². The number of esters is 2. The van der Waals surface area contributed by atoms with E-state index in [0.717, 1.165) is 16.8 Å². The zero-order valence-corrected chi connectivity index (χ0v) is 21.9. The molecule has 3 rings (SSSR count). The second-order valence-electron chi connectivity index (χ2n) is 8.98. The van der Waals surface area contributed by atoms with Gasteiger partial charge in [-0.3, -0.25) is 37.5 Å². The Morgan fingerprint density at radius 3 is 2.70 bits per heavy atom. The van der Waals surface area contributed by atoms with Gasteiger partial charge in [-0.05, 0) is 26.7 Å². The fourth-order valence-electron chi connectivity index (χ4n) is 3.86. The van der Waals surface area contributed by atoms with E-state index in [9.17, 15) is 23.7 Å². The molecule has 204 valence electrons. The normalized spacial score (nSPS) is 29.8. The Bertz CT molecular complexity index is 1200. The first-order chi connectivity index (χ1) is 17.4. The van der Waals surface area contributed by atoms with Gasteiger partial charge in [0.15, 0.2) is 12.3 Å². The number of carbonyl (C=O) groups excluding carboxylic acids is 2. The third-order valence-corrected chi connectivity index (χ3v) is 7.14. The van der Waals surface area contributed by atoms with Gasteiger partial charge in [0.2, 0.25) is 5.60 Å². The van der Waals surface area contributed by atoms with Crippen molar-refractivity contribution >= 4 is 19.8 Å². The van der Waals surface area contributed by atoms with Crippen LogP contribution in [0.4, 0.5) is 0 Å². The molecule has 13 nitrogen and oxygen atoms in total. The number of ether oxygens (including phenoxy) is 3. The first-order valence-corrected chi connectivity index (χ1v) is 13.3. The SMILES string of the molecule is C#C[C@@]1(OC(=O)CCC)[C@@H]2O[P@@](=O)(OCC[C@H](C)C(=O)OC(C)C)OC[C@H]2O[C@H]1n1ccc(=O)[nH]c1=O. The summed E-state index contributed by atoms with van der Waals surface area (Å²) in [6.07, 6.45) is 3.52. The molecule has 0 aliphatic carbocycles. The maximum absolute atomic E-state index is 13.3. The van der Waals surface area contributed by atoms with Crippen LogP contribution < -0.4 is 11.2 Å². The van der Waals surface area contributed by atoms with Crippen molar-refractivity contribution in [3.8, 4) is 12.3 Å². The van der Waals surface area contributed by atoms with E-state index in [1.807, 2.05) is 0 Å². The lowest BCUT2D eigenvalue weighted by molar-refractivity contribution is -0.170. The number of phosphoric acid groups is 1. The number of aromatic nitrogens is 2. The Balaban J connectivity index is 1.85. The minimum absolute atomic E-state index is 0.00306. The summed E-state index contributed by atoms with van der Waals surface area (Å²) in [4.78, 5) is 50.8. The predicted molar refractivity (Wildman–Crippen MR) is 127 cm³/mol. The Morgan fingerprint density at radius 1 is 1.35 bits per heavy atom. The van der Waals surface area contributed by atoms with Crippen LogP contribution in [-0.4, -0.2) is 58.6 Å². The summed E-state index contributed by atoms with van der Waals surface area (Å²) < 4.78 is 47.3. The average molecular weight is 542 g/mol. The van der Waals surface area contributed by atoms with E-state index < -0.39 is 61.0 Å². The molecule has 2 saturated heterocycles. The van der Waals surface area contributed by atoms with Crippen LogP contribution in [-0.2, 0) is 41.9 Å². The van der Waals surface area contributed by atoms with Crippen molar-refractivity contribution in [3.05, 3.63) is 33.1 Å². The van der Waals surface area contributed by atoms with Crippen LogP contribution in [0.3, 0.4) is 0 Å². The fraction of sp³-hybridized carbons (Fsp3) is 0.652. The Morgan fingerprint density at radius 2 is 2.08 bits per heavy atom. The second kappa shape index (κ2) is 11.8. The number of nitrogens with one attached hydrogen (secondary N) is 1. The minimum atomic E-state index is -4.25. The van der Waals surface area contributed by atoms with E-state index in [1.54, 1.807) is 27.7 Å². The summed E-state index contributed by atoms with van der Waals surface area (Å²) >= 11 is 0. The van der Waals surface area contributed by atoms with Crippen LogP contribution in [0.5, 0.6) is 0 Å². The number of nitrogens with zero attached hydrogens (tertiary/aromatic N) is 1. The number of fused-ring (bicyclic) bond motifs is 1. The molecule has 1 N–H and O–H groups in total. The van der Waals surface area contributed by atoms with E-state index >= 15 is 0 Å². The number of terminal acetylenes is 1. The third-order valence-electron chi connectivity index (χ3n) is 5.69. The number of hydrogen-bond donors (Lipinski definition) is 1. The van der Waals surface area contributed by atoms with E-state index in [0.29, 0.717) is 6.42 Å². The smallest absolute Gasteiger partial charge is 0.463 e. The molecule has 2 fully saturated rings. The molecule has 2 aliphatic rings. The van der Waals surface area contributed by atoms with Crippen molar-refractivity contribution in [2.75, 3.05) is 13.2 Å². The Hall–Kier alpha value is -2.75. The molecule has 2 aliphatic heterocycles. The van der Waals surface area contributed by atoms with Gasteiger partial charge in [-0.15, -0.1) is 6.42 Å². The quantitative estimate of drug-likeness (QED) is 0.260. The highest BCUT2D eigenvalue weighted by Gasteiger charge is 2.65. The molecular weight excluding hydrogens is 511 g/mol. The fourth-order valence-corrected chi connectivity index (χ4v) is 5.28. The maximum atomic E-state index is 13.3. The average Bonchev–Trinajstić information content (AvgIpc) is 3.11. The maximum Gasteiger partial charge on any atom is 0.475 e.